The summed E-state index contributed by atoms with van der Waals surface area (Å²) in [5, 5.41) is 8.73. The third kappa shape index (κ3) is 4.70. The molecule has 6 nitrogen and oxygen atoms in total. The number of benzene rings is 1. The van der Waals surface area contributed by atoms with E-state index >= 15 is 0 Å². The van der Waals surface area contributed by atoms with Crippen molar-refractivity contribution in [2.24, 2.45) is 5.84 Å². The molecule has 0 aliphatic rings. The maximum atomic E-state index is 11.2. The average Bonchev–Trinajstić information content (AvgIpc) is 2.39. The Morgan fingerprint density at radius 3 is 2.61 bits per heavy atom. The Labute approximate surface area is 106 Å². The summed E-state index contributed by atoms with van der Waals surface area (Å²) in [5.74, 6) is 5.39. The van der Waals surface area contributed by atoms with Crippen LogP contribution in [-0.2, 0) is 0 Å². The predicted molar refractivity (Wildman–Crippen MR) is 68.2 cm³/mol. The number of hydrogen-bond donors (Lipinski definition) is 3. The van der Waals surface area contributed by atoms with Crippen molar-refractivity contribution in [3.8, 4) is 5.75 Å². The van der Waals surface area contributed by atoms with Gasteiger partial charge < -0.3 is 14.7 Å². The van der Waals surface area contributed by atoms with Crippen LogP contribution in [0.5, 0.6) is 5.75 Å². The van der Waals surface area contributed by atoms with Gasteiger partial charge >= 0.3 is 0 Å². The van der Waals surface area contributed by atoms with E-state index in [1.807, 2.05) is 11.9 Å². The van der Waals surface area contributed by atoms with Gasteiger partial charge in [0.25, 0.3) is 5.91 Å². The van der Waals surface area contributed by atoms with Gasteiger partial charge in [0, 0.05) is 18.7 Å². The number of nitrogens with one attached hydrogen (secondary N) is 1. The zero-order valence-electron chi connectivity index (χ0n) is 10.4. The van der Waals surface area contributed by atoms with Gasteiger partial charge in [-0.25, -0.2) is 5.84 Å². The number of carbonyl (C=O) groups excluding carboxylic acids is 1. The van der Waals surface area contributed by atoms with Gasteiger partial charge in [0.05, 0.1) is 6.61 Å². The van der Waals surface area contributed by atoms with Crippen molar-refractivity contribution in [2.45, 2.75) is 0 Å². The number of rotatable bonds is 7. The molecule has 0 atom stereocenters. The van der Waals surface area contributed by atoms with Crippen molar-refractivity contribution < 1.29 is 14.6 Å². The highest BCUT2D eigenvalue weighted by Gasteiger charge is 2.03. The molecule has 1 aromatic rings. The highest BCUT2D eigenvalue weighted by molar-refractivity contribution is 5.93. The van der Waals surface area contributed by atoms with Gasteiger partial charge in [0.2, 0.25) is 0 Å². The van der Waals surface area contributed by atoms with Crippen molar-refractivity contribution in [2.75, 3.05) is 33.4 Å². The van der Waals surface area contributed by atoms with E-state index in [9.17, 15) is 4.79 Å². The Bertz CT molecular complexity index is 367. The van der Waals surface area contributed by atoms with Crippen molar-refractivity contribution >= 4 is 5.91 Å². The molecular weight excluding hydrogens is 234 g/mol. The Morgan fingerprint density at radius 1 is 1.39 bits per heavy atom. The molecule has 0 aromatic heterocycles. The number of carbonyl (C=O) groups is 1. The number of hydrogen-bond acceptors (Lipinski definition) is 5. The lowest BCUT2D eigenvalue weighted by molar-refractivity contribution is 0.0953. The van der Waals surface area contributed by atoms with E-state index < -0.39 is 0 Å². The van der Waals surface area contributed by atoms with E-state index in [1.54, 1.807) is 24.3 Å². The zero-order chi connectivity index (χ0) is 13.4. The minimum atomic E-state index is -0.329. The number of nitrogen functional groups attached to an aromatic ring is 1. The second-order valence-electron chi connectivity index (χ2n) is 3.87. The van der Waals surface area contributed by atoms with Gasteiger partial charge in [-0.3, -0.25) is 10.2 Å². The maximum absolute atomic E-state index is 11.2. The quantitative estimate of drug-likeness (QED) is 0.349. The molecule has 0 spiro atoms. The normalized spacial score (nSPS) is 10.4. The molecular formula is C12H19N3O3. The lowest BCUT2D eigenvalue weighted by Crippen LogP contribution is -2.29. The van der Waals surface area contributed by atoms with E-state index in [4.69, 9.17) is 15.7 Å². The number of nitrogens with two attached hydrogens (primary N) is 1. The SMILES string of the molecule is CN(CCO)CCOc1ccc(C(=O)NN)cc1. The second kappa shape index (κ2) is 7.65. The second-order valence-corrected chi connectivity index (χ2v) is 3.87. The molecule has 0 saturated carbocycles. The number of nitrogens with zero attached hydrogens (tertiary/aromatic N) is 1. The lowest BCUT2D eigenvalue weighted by Gasteiger charge is -2.15. The van der Waals surface area contributed by atoms with Crippen molar-refractivity contribution in [3.63, 3.8) is 0 Å². The molecule has 0 unspecified atom stereocenters. The average molecular weight is 253 g/mol. The molecule has 0 aliphatic heterocycles. The number of hydrazine groups is 1. The molecule has 0 heterocycles. The predicted octanol–water partition coefficient (Wildman–Crippen LogP) is -0.407. The first-order valence-corrected chi connectivity index (χ1v) is 5.70. The smallest absolute Gasteiger partial charge is 0.265 e. The van der Waals surface area contributed by atoms with Gasteiger partial charge in [-0.15, -0.1) is 0 Å². The maximum Gasteiger partial charge on any atom is 0.265 e. The Hall–Kier alpha value is -1.63. The molecule has 0 saturated heterocycles. The summed E-state index contributed by atoms with van der Waals surface area (Å²) in [6.45, 7) is 2.02. The first kappa shape index (κ1) is 14.4. The monoisotopic (exact) mass is 253 g/mol. The number of aliphatic hydroxyl groups is 1. The van der Waals surface area contributed by atoms with E-state index in [-0.39, 0.29) is 12.5 Å². The third-order valence-corrected chi connectivity index (χ3v) is 2.47. The van der Waals surface area contributed by atoms with Gasteiger partial charge in [-0.05, 0) is 31.3 Å². The van der Waals surface area contributed by atoms with Crippen LogP contribution in [0.1, 0.15) is 10.4 Å². The van der Waals surface area contributed by atoms with Crippen LogP contribution in [0.25, 0.3) is 0 Å². The molecule has 18 heavy (non-hydrogen) atoms. The van der Waals surface area contributed by atoms with Crippen LogP contribution in [0.4, 0.5) is 0 Å². The summed E-state index contributed by atoms with van der Waals surface area (Å²) in [5.41, 5.74) is 2.55. The largest absolute Gasteiger partial charge is 0.492 e. The zero-order valence-corrected chi connectivity index (χ0v) is 10.4. The first-order chi connectivity index (χ1) is 8.67. The number of aliphatic hydroxyl groups excluding tert-OH is 1. The minimum absolute atomic E-state index is 0.138. The van der Waals surface area contributed by atoms with Crippen LogP contribution < -0.4 is 16.0 Å². The van der Waals surface area contributed by atoms with Crippen LogP contribution in [-0.4, -0.2) is 49.3 Å². The van der Waals surface area contributed by atoms with Crippen molar-refractivity contribution in [3.05, 3.63) is 29.8 Å². The minimum Gasteiger partial charge on any atom is -0.492 e. The van der Waals surface area contributed by atoms with Crippen LogP contribution in [0, 0.1) is 0 Å². The van der Waals surface area contributed by atoms with Crippen molar-refractivity contribution in [1.29, 1.82) is 0 Å². The number of amides is 1. The molecule has 0 fully saturated rings. The summed E-state index contributed by atoms with van der Waals surface area (Å²) < 4.78 is 5.51. The summed E-state index contributed by atoms with van der Waals surface area (Å²) in [7, 11) is 1.91. The Kier molecular flexibility index (Phi) is 6.13. The van der Waals surface area contributed by atoms with Crippen LogP contribution in [0.3, 0.4) is 0 Å². The van der Waals surface area contributed by atoms with Crippen LogP contribution in [0.15, 0.2) is 24.3 Å². The van der Waals surface area contributed by atoms with Gasteiger partial charge in [-0.2, -0.15) is 0 Å². The molecule has 6 heteroatoms. The topological polar surface area (TPSA) is 87.8 Å². The fourth-order valence-corrected chi connectivity index (χ4v) is 1.39. The molecule has 0 bridgehead atoms. The molecule has 1 rings (SSSR count). The van der Waals surface area contributed by atoms with E-state index in [1.165, 1.54) is 0 Å². The van der Waals surface area contributed by atoms with Gasteiger partial charge in [0.1, 0.15) is 12.4 Å². The summed E-state index contributed by atoms with van der Waals surface area (Å²) in [4.78, 5) is 13.2. The number of ether oxygens (including phenoxy) is 1. The lowest BCUT2D eigenvalue weighted by atomic mass is 10.2. The van der Waals surface area contributed by atoms with Gasteiger partial charge in [-0.1, -0.05) is 0 Å². The first-order valence-electron chi connectivity index (χ1n) is 5.70. The van der Waals surface area contributed by atoms with E-state index in [2.05, 4.69) is 5.43 Å². The van der Waals surface area contributed by atoms with E-state index in [0.717, 1.165) is 6.54 Å². The molecule has 1 amide bonds. The fourth-order valence-electron chi connectivity index (χ4n) is 1.39. The highest BCUT2D eigenvalue weighted by Crippen LogP contribution is 2.11. The summed E-state index contributed by atoms with van der Waals surface area (Å²) >= 11 is 0. The fraction of sp³-hybridized carbons (Fsp3) is 0.417. The summed E-state index contributed by atoms with van der Waals surface area (Å²) in [6.07, 6.45) is 0. The van der Waals surface area contributed by atoms with Crippen LogP contribution in [0.2, 0.25) is 0 Å². The third-order valence-electron chi connectivity index (χ3n) is 2.47. The molecule has 100 valence electrons. The van der Waals surface area contributed by atoms with Crippen molar-refractivity contribution in [1.82, 2.24) is 10.3 Å². The van der Waals surface area contributed by atoms with Gasteiger partial charge in [0.15, 0.2) is 0 Å². The summed E-state index contributed by atoms with van der Waals surface area (Å²) in [6, 6.07) is 6.73. The van der Waals surface area contributed by atoms with Crippen LogP contribution >= 0.6 is 0 Å². The Balaban J connectivity index is 2.37. The molecule has 0 aliphatic carbocycles. The molecule has 0 radical (unpaired) electrons. The Morgan fingerprint density at radius 2 is 2.06 bits per heavy atom. The highest BCUT2D eigenvalue weighted by atomic mass is 16.5. The standard InChI is InChI=1S/C12H19N3O3/c1-15(6-8-16)7-9-18-11-4-2-10(3-5-11)12(17)14-13/h2-5,16H,6-9,13H2,1H3,(H,14,17). The molecule has 4 N–H and O–H groups in total. The van der Waals surface area contributed by atoms with E-state index in [0.29, 0.717) is 24.5 Å². The molecule has 1 aromatic carbocycles. The number of likely N-dealkylation sites (N-methyl/N-ethyl adjacent to an activating group) is 1.